The molecule has 0 fully saturated rings. The van der Waals surface area contributed by atoms with Crippen LogP contribution < -0.4 is 17.8 Å². The van der Waals surface area contributed by atoms with E-state index in [9.17, 15) is 4.79 Å². The summed E-state index contributed by atoms with van der Waals surface area (Å²) < 4.78 is 0.585. The van der Waals surface area contributed by atoms with Crippen LogP contribution in [-0.4, -0.2) is 44.3 Å². The molecule has 104 valence electrons. The van der Waals surface area contributed by atoms with Crippen molar-refractivity contribution in [3.05, 3.63) is 42.0 Å². The number of nitrogens with zero attached hydrogens (tertiary/aromatic N) is 2. The van der Waals surface area contributed by atoms with Crippen LogP contribution in [0.4, 0.5) is 0 Å². The fourth-order valence-corrected chi connectivity index (χ4v) is 1.34. The SMILES string of the molecule is C[N+](C)(C)CC(=O)N/N=C/C=C/c1ccccc1.[Cl-]. The second kappa shape index (κ2) is 8.45. The summed E-state index contributed by atoms with van der Waals surface area (Å²) in [5.41, 5.74) is 3.59. The number of carbonyl (C=O) groups excluding carboxylic acids is 1. The molecule has 1 aromatic rings. The minimum Gasteiger partial charge on any atom is -1.00 e. The molecule has 0 bridgehead atoms. The number of hydrogen-bond donors (Lipinski definition) is 1. The molecule has 19 heavy (non-hydrogen) atoms. The van der Waals surface area contributed by atoms with Gasteiger partial charge in [-0.3, -0.25) is 4.79 Å². The van der Waals surface area contributed by atoms with E-state index in [0.717, 1.165) is 5.56 Å². The second-order valence-corrected chi connectivity index (χ2v) is 5.03. The molecule has 0 aliphatic heterocycles. The zero-order valence-electron chi connectivity index (χ0n) is 11.5. The smallest absolute Gasteiger partial charge is 0.295 e. The Labute approximate surface area is 120 Å². The molecule has 0 spiro atoms. The van der Waals surface area contributed by atoms with Gasteiger partial charge in [0.15, 0.2) is 6.54 Å². The number of likely N-dealkylation sites (N-methyl/N-ethyl adjacent to an activating group) is 1. The van der Waals surface area contributed by atoms with Crippen LogP contribution in [0.5, 0.6) is 0 Å². The van der Waals surface area contributed by atoms with Gasteiger partial charge in [-0.15, -0.1) is 0 Å². The molecule has 5 heteroatoms. The predicted octanol–water partition coefficient (Wildman–Crippen LogP) is -1.49. The number of benzene rings is 1. The minimum atomic E-state index is -0.0909. The Balaban J connectivity index is 0.00000324. The fourth-order valence-electron chi connectivity index (χ4n) is 1.34. The molecule has 0 unspecified atom stereocenters. The van der Waals surface area contributed by atoms with Crippen molar-refractivity contribution in [1.29, 1.82) is 0 Å². The zero-order chi connectivity index (χ0) is 13.4. The fraction of sp³-hybridized carbons (Fsp3) is 0.286. The molecule has 0 radical (unpaired) electrons. The Morgan fingerprint density at radius 2 is 1.89 bits per heavy atom. The first-order valence-electron chi connectivity index (χ1n) is 5.81. The maximum Gasteiger partial charge on any atom is 0.295 e. The first-order valence-corrected chi connectivity index (χ1v) is 5.81. The number of amides is 1. The maximum absolute atomic E-state index is 11.4. The molecule has 0 aliphatic carbocycles. The van der Waals surface area contributed by atoms with E-state index in [4.69, 9.17) is 0 Å². The van der Waals surface area contributed by atoms with E-state index in [1.165, 1.54) is 0 Å². The molecule has 0 aromatic heterocycles. The van der Waals surface area contributed by atoms with Crippen molar-refractivity contribution >= 4 is 18.2 Å². The van der Waals surface area contributed by atoms with Crippen LogP contribution in [0.25, 0.3) is 6.08 Å². The molecule has 0 atom stereocenters. The molecule has 1 N–H and O–H groups in total. The number of nitrogens with one attached hydrogen (secondary N) is 1. The molecule has 0 heterocycles. The van der Waals surface area contributed by atoms with Gasteiger partial charge in [0, 0.05) is 6.21 Å². The minimum absolute atomic E-state index is 0. The average molecular weight is 282 g/mol. The molecule has 1 amide bonds. The van der Waals surface area contributed by atoms with Crippen LogP contribution in [0.2, 0.25) is 0 Å². The monoisotopic (exact) mass is 281 g/mol. The Morgan fingerprint density at radius 3 is 2.47 bits per heavy atom. The van der Waals surface area contributed by atoms with Crippen LogP contribution in [0.1, 0.15) is 5.56 Å². The van der Waals surface area contributed by atoms with Gasteiger partial charge in [0.05, 0.1) is 21.1 Å². The van der Waals surface area contributed by atoms with Crippen LogP contribution in [-0.2, 0) is 4.79 Å². The van der Waals surface area contributed by atoms with Crippen LogP contribution in [0, 0.1) is 0 Å². The third-order valence-corrected chi connectivity index (χ3v) is 2.06. The standard InChI is InChI=1S/C14H19N3O.ClH/c1-17(2,3)12-14(18)16-15-11-7-10-13-8-5-4-6-9-13;/h4-11H,12H2,1-3H3;1H/b10-7+,15-11+;. The van der Waals surface area contributed by atoms with Gasteiger partial charge in [0.1, 0.15) is 0 Å². The molecule has 4 nitrogen and oxygen atoms in total. The largest absolute Gasteiger partial charge is 1.00 e. The highest BCUT2D eigenvalue weighted by atomic mass is 35.5. The summed E-state index contributed by atoms with van der Waals surface area (Å²) in [6, 6.07) is 9.91. The van der Waals surface area contributed by atoms with Crippen molar-refractivity contribution in [3.63, 3.8) is 0 Å². The van der Waals surface area contributed by atoms with Crippen LogP contribution >= 0.6 is 0 Å². The molecule has 0 saturated heterocycles. The van der Waals surface area contributed by atoms with E-state index in [0.29, 0.717) is 11.0 Å². The highest BCUT2D eigenvalue weighted by molar-refractivity contribution is 5.81. The maximum atomic E-state index is 11.4. The van der Waals surface area contributed by atoms with E-state index in [2.05, 4.69) is 10.5 Å². The van der Waals surface area contributed by atoms with Gasteiger partial charge < -0.3 is 16.9 Å². The second-order valence-electron chi connectivity index (χ2n) is 5.03. The van der Waals surface area contributed by atoms with Gasteiger partial charge in [0.2, 0.25) is 0 Å². The molecular weight excluding hydrogens is 262 g/mol. The average Bonchev–Trinajstić information content (AvgIpc) is 2.27. The lowest BCUT2D eigenvalue weighted by Crippen LogP contribution is -3.00. The summed E-state index contributed by atoms with van der Waals surface area (Å²) in [7, 11) is 5.87. The first kappa shape index (κ1) is 17.4. The number of hydrazone groups is 1. The molecule has 0 saturated carbocycles. The van der Waals surface area contributed by atoms with Crippen molar-refractivity contribution < 1.29 is 21.7 Å². The van der Waals surface area contributed by atoms with Gasteiger partial charge in [-0.05, 0) is 11.6 Å². The number of allylic oxidation sites excluding steroid dienone is 1. The van der Waals surface area contributed by atoms with Crippen molar-refractivity contribution in [3.8, 4) is 0 Å². The predicted molar refractivity (Wildman–Crippen MR) is 75.0 cm³/mol. The van der Waals surface area contributed by atoms with Crippen molar-refractivity contribution in [2.24, 2.45) is 5.10 Å². The number of halogens is 1. The Kier molecular flexibility index (Phi) is 7.72. The molecular formula is C14H20ClN3O. The van der Waals surface area contributed by atoms with E-state index in [-0.39, 0.29) is 18.3 Å². The Morgan fingerprint density at radius 1 is 1.26 bits per heavy atom. The third-order valence-electron chi connectivity index (χ3n) is 2.06. The van der Waals surface area contributed by atoms with Gasteiger partial charge in [-0.1, -0.05) is 36.4 Å². The van der Waals surface area contributed by atoms with E-state index >= 15 is 0 Å². The highest BCUT2D eigenvalue weighted by Gasteiger charge is 2.12. The van der Waals surface area contributed by atoms with E-state index in [1.54, 1.807) is 12.3 Å². The highest BCUT2D eigenvalue weighted by Crippen LogP contribution is 1.99. The number of rotatable bonds is 5. The summed E-state index contributed by atoms with van der Waals surface area (Å²) in [6.45, 7) is 0.403. The summed E-state index contributed by atoms with van der Waals surface area (Å²) in [5.74, 6) is -0.0909. The zero-order valence-corrected chi connectivity index (χ0v) is 12.3. The number of quaternary nitrogens is 1. The van der Waals surface area contributed by atoms with Crippen LogP contribution in [0.3, 0.4) is 0 Å². The van der Waals surface area contributed by atoms with Gasteiger partial charge in [-0.2, -0.15) is 5.10 Å². The van der Waals surface area contributed by atoms with Gasteiger partial charge in [0.25, 0.3) is 5.91 Å². The van der Waals surface area contributed by atoms with E-state index < -0.39 is 0 Å². The molecule has 1 rings (SSSR count). The lowest BCUT2D eigenvalue weighted by molar-refractivity contribution is -0.862. The normalized spacial score (nSPS) is 11.5. The Bertz CT molecular complexity index is 436. The van der Waals surface area contributed by atoms with Crippen molar-refractivity contribution in [2.75, 3.05) is 27.7 Å². The topological polar surface area (TPSA) is 41.5 Å². The summed E-state index contributed by atoms with van der Waals surface area (Å²) in [5, 5.41) is 3.85. The van der Waals surface area contributed by atoms with Crippen molar-refractivity contribution in [1.82, 2.24) is 5.43 Å². The summed E-state index contributed by atoms with van der Waals surface area (Å²) >= 11 is 0. The Hall–Kier alpha value is -1.65. The number of carbonyl (C=O) groups is 1. The summed E-state index contributed by atoms with van der Waals surface area (Å²) in [4.78, 5) is 11.4. The quantitative estimate of drug-likeness (QED) is 0.399. The third kappa shape index (κ3) is 8.99. The number of hydrogen-bond acceptors (Lipinski definition) is 2. The lowest BCUT2D eigenvalue weighted by Gasteiger charge is -2.21. The van der Waals surface area contributed by atoms with Gasteiger partial charge in [-0.25, -0.2) is 5.43 Å². The molecule has 0 aliphatic rings. The summed E-state index contributed by atoms with van der Waals surface area (Å²) in [6.07, 6.45) is 5.29. The van der Waals surface area contributed by atoms with Gasteiger partial charge >= 0.3 is 0 Å². The first-order chi connectivity index (χ1) is 8.47. The van der Waals surface area contributed by atoms with Crippen LogP contribution in [0.15, 0.2) is 41.5 Å². The lowest BCUT2D eigenvalue weighted by atomic mass is 10.2. The molecule has 1 aromatic carbocycles. The van der Waals surface area contributed by atoms with Crippen molar-refractivity contribution in [2.45, 2.75) is 0 Å². The van der Waals surface area contributed by atoms with E-state index in [1.807, 2.05) is 57.6 Å².